The Balaban J connectivity index is 1.98. The molecule has 0 saturated carbocycles. The molecule has 1 N–H and O–H groups in total. The van der Waals surface area contributed by atoms with E-state index in [-0.39, 0.29) is 5.75 Å². The van der Waals surface area contributed by atoms with Crippen LogP contribution in [0.25, 0.3) is 28.3 Å². The Morgan fingerprint density at radius 3 is 2.52 bits per heavy atom. The molecule has 0 aliphatic heterocycles. The van der Waals surface area contributed by atoms with Crippen molar-refractivity contribution in [2.75, 3.05) is 5.75 Å². The largest absolute Gasteiger partial charge is 0.507 e. The fourth-order valence-electron chi connectivity index (χ4n) is 2.68. The number of aromatic hydroxyl groups is 1. The molecule has 0 unspecified atom stereocenters. The first-order valence-corrected chi connectivity index (χ1v) is 8.99. The third-order valence-electron chi connectivity index (χ3n) is 3.82. The molecule has 2 aromatic heterocycles. The monoisotopic (exact) mass is 348 g/mol. The maximum absolute atomic E-state index is 10.2. The van der Waals surface area contributed by atoms with Crippen LogP contribution >= 0.6 is 11.8 Å². The molecule has 5 nitrogen and oxygen atoms in total. The standard InChI is InChI=1S/C19H16N4OS/c1-2-25-19-21-18-20-15(14-10-6-7-11-17(14)24)12-16(23(18)22-19)13-8-4-3-5-9-13/h3-12,24H,2H2,1H3. The van der Waals surface area contributed by atoms with E-state index >= 15 is 0 Å². The predicted molar refractivity (Wildman–Crippen MR) is 99.7 cm³/mol. The van der Waals surface area contributed by atoms with E-state index in [1.54, 1.807) is 28.4 Å². The van der Waals surface area contributed by atoms with Crippen LogP contribution in [0.4, 0.5) is 0 Å². The minimum atomic E-state index is 0.195. The molecule has 0 saturated heterocycles. The average molecular weight is 348 g/mol. The lowest BCUT2D eigenvalue weighted by Gasteiger charge is -2.08. The van der Waals surface area contributed by atoms with E-state index in [4.69, 9.17) is 0 Å². The molecule has 0 aliphatic carbocycles. The van der Waals surface area contributed by atoms with Crippen LogP contribution in [0.3, 0.4) is 0 Å². The molecule has 124 valence electrons. The fraction of sp³-hybridized carbons (Fsp3) is 0.105. The van der Waals surface area contributed by atoms with Gasteiger partial charge in [0.15, 0.2) is 0 Å². The first-order chi connectivity index (χ1) is 12.3. The Hall–Kier alpha value is -2.86. The third kappa shape index (κ3) is 2.96. The molecule has 2 aromatic carbocycles. The summed E-state index contributed by atoms with van der Waals surface area (Å²) in [7, 11) is 0. The van der Waals surface area contributed by atoms with Crippen molar-refractivity contribution in [3.63, 3.8) is 0 Å². The van der Waals surface area contributed by atoms with Crippen LogP contribution in [-0.4, -0.2) is 30.4 Å². The summed E-state index contributed by atoms with van der Waals surface area (Å²) in [5, 5.41) is 15.5. The number of aromatic nitrogens is 4. The van der Waals surface area contributed by atoms with Gasteiger partial charge in [0.1, 0.15) is 5.75 Å². The number of hydrogen-bond acceptors (Lipinski definition) is 5. The highest BCUT2D eigenvalue weighted by Crippen LogP contribution is 2.31. The molecule has 25 heavy (non-hydrogen) atoms. The van der Waals surface area contributed by atoms with Gasteiger partial charge in [-0.15, -0.1) is 5.10 Å². The Morgan fingerprint density at radius 1 is 1.00 bits per heavy atom. The summed E-state index contributed by atoms with van der Waals surface area (Å²) in [4.78, 5) is 9.14. The summed E-state index contributed by atoms with van der Waals surface area (Å²) < 4.78 is 1.76. The minimum Gasteiger partial charge on any atom is -0.507 e. The zero-order chi connectivity index (χ0) is 17.2. The molecule has 4 rings (SSSR count). The number of phenols is 1. The number of para-hydroxylation sites is 1. The van der Waals surface area contributed by atoms with Gasteiger partial charge in [-0.05, 0) is 24.0 Å². The number of rotatable bonds is 4. The van der Waals surface area contributed by atoms with E-state index in [1.807, 2.05) is 48.5 Å². The van der Waals surface area contributed by atoms with Crippen molar-refractivity contribution in [3.05, 3.63) is 60.7 Å². The third-order valence-corrected chi connectivity index (χ3v) is 4.54. The van der Waals surface area contributed by atoms with Crippen molar-refractivity contribution in [2.24, 2.45) is 0 Å². The highest BCUT2D eigenvalue weighted by Gasteiger charge is 2.15. The smallest absolute Gasteiger partial charge is 0.254 e. The summed E-state index contributed by atoms with van der Waals surface area (Å²) in [6, 6.07) is 19.1. The second kappa shape index (κ2) is 6.57. The molecule has 0 aliphatic rings. The van der Waals surface area contributed by atoms with Crippen LogP contribution in [0, 0.1) is 0 Å². The van der Waals surface area contributed by atoms with Gasteiger partial charge in [0.2, 0.25) is 5.16 Å². The molecule has 6 heteroatoms. The van der Waals surface area contributed by atoms with Gasteiger partial charge in [0, 0.05) is 11.1 Å². The van der Waals surface area contributed by atoms with E-state index in [0.717, 1.165) is 17.0 Å². The van der Waals surface area contributed by atoms with Crippen molar-refractivity contribution in [1.29, 1.82) is 0 Å². The van der Waals surface area contributed by atoms with E-state index in [2.05, 4.69) is 22.0 Å². The molecule has 0 radical (unpaired) electrons. The van der Waals surface area contributed by atoms with Crippen LogP contribution < -0.4 is 0 Å². The number of thioether (sulfide) groups is 1. The fourth-order valence-corrected chi connectivity index (χ4v) is 3.23. The number of nitrogens with zero attached hydrogens (tertiary/aromatic N) is 4. The predicted octanol–water partition coefficient (Wildman–Crippen LogP) is 4.28. The highest BCUT2D eigenvalue weighted by molar-refractivity contribution is 7.99. The van der Waals surface area contributed by atoms with Gasteiger partial charge in [-0.1, -0.05) is 61.2 Å². The maximum atomic E-state index is 10.2. The van der Waals surface area contributed by atoms with E-state index in [1.165, 1.54) is 0 Å². The summed E-state index contributed by atoms with van der Waals surface area (Å²) >= 11 is 1.58. The van der Waals surface area contributed by atoms with Crippen LogP contribution in [0.2, 0.25) is 0 Å². The SMILES string of the molecule is CCSc1nc2nc(-c3ccccc3O)cc(-c3ccccc3)n2n1. The lowest BCUT2D eigenvalue weighted by Crippen LogP contribution is -1.99. The zero-order valence-corrected chi connectivity index (χ0v) is 14.4. The van der Waals surface area contributed by atoms with Gasteiger partial charge in [-0.3, -0.25) is 0 Å². The van der Waals surface area contributed by atoms with Gasteiger partial charge in [-0.25, -0.2) is 4.98 Å². The Bertz CT molecular complexity index is 1030. The van der Waals surface area contributed by atoms with Crippen molar-refractivity contribution in [1.82, 2.24) is 19.6 Å². The molecule has 0 fully saturated rings. The quantitative estimate of drug-likeness (QED) is 0.558. The average Bonchev–Trinajstić information content (AvgIpc) is 3.05. The number of benzene rings is 2. The molecule has 2 heterocycles. The molecule has 4 aromatic rings. The lowest BCUT2D eigenvalue weighted by molar-refractivity contribution is 0.477. The van der Waals surface area contributed by atoms with Crippen molar-refractivity contribution < 1.29 is 5.11 Å². The summed E-state index contributed by atoms with van der Waals surface area (Å²) in [6.07, 6.45) is 0. The number of hydrogen-bond donors (Lipinski definition) is 1. The second-order valence-electron chi connectivity index (χ2n) is 5.45. The van der Waals surface area contributed by atoms with Gasteiger partial charge in [-0.2, -0.15) is 9.50 Å². The first kappa shape index (κ1) is 15.7. The maximum Gasteiger partial charge on any atom is 0.254 e. The minimum absolute atomic E-state index is 0.195. The normalized spacial score (nSPS) is 11.1. The Kier molecular flexibility index (Phi) is 4.11. The van der Waals surface area contributed by atoms with Crippen molar-refractivity contribution in [3.8, 4) is 28.3 Å². The van der Waals surface area contributed by atoms with Gasteiger partial charge >= 0.3 is 0 Å². The van der Waals surface area contributed by atoms with Crippen LogP contribution in [0.15, 0.2) is 65.8 Å². The lowest BCUT2D eigenvalue weighted by atomic mass is 10.1. The van der Waals surface area contributed by atoms with Crippen LogP contribution in [-0.2, 0) is 0 Å². The Morgan fingerprint density at radius 2 is 1.76 bits per heavy atom. The summed E-state index contributed by atoms with van der Waals surface area (Å²) in [5.41, 5.74) is 3.25. The zero-order valence-electron chi connectivity index (χ0n) is 13.6. The molecule has 0 spiro atoms. The van der Waals surface area contributed by atoms with E-state index in [0.29, 0.717) is 22.2 Å². The van der Waals surface area contributed by atoms with E-state index < -0.39 is 0 Å². The second-order valence-corrected chi connectivity index (χ2v) is 6.68. The van der Waals surface area contributed by atoms with Crippen LogP contribution in [0.5, 0.6) is 5.75 Å². The summed E-state index contributed by atoms with van der Waals surface area (Å²) in [6.45, 7) is 2.06. The summed E-state index contributed by atoms with van der Waals surface area (Å²) in [5.74, 6) is 1.61. The first-order valence-electron chi connectivity index (χ1n) is 8.00. The Labute approximate surface area is 149 Å². The molecule has 0 amide bonds. The van der Waals surface area contributed by atoms with E-state index in [9.17, 15) is 5.11 Å². The topological polar surface area (TPSA) is 63.3 Å². The molecular formula is C19H16N4OS. The van der Waals surface area contributed by atoms with Gasteiger partial charge in [0.05, 0.1) is 11.4 Å². The van der Waals surface area contributed by atoms with Crippen molar-refractivity contribution in [2.45, 2.75) is 12.1 Å². The van der Waals surface area contributed by atoms with Crippen molar-refractivity contribution >= 4 is 17.5 Å². The van der Waals surface area contributed by atoms with Gasteiger partial charge < -0.3 is 5.11 Å². The van der Waals surface area contributed by atoms with Crippen LogP contribution in [0.1, 0.15) is 6.92 Å². The molecule has 0 bridgehead atoms. The highest BCUT2D eigenvalue weighted by atomic mass is 32.2. The van der Waals surface area contributed by atoms with Gasteiger partial charge in [0.25, 0.3) is 5.78 Å². The number of phenolic OH excluding ortho intramolecular Hbond substituents is 1. The number of fused-ring (bicyclic) bond motifs is 1. The molecular weight excluding hydrogens is 332 g/mol. The molecule has 0 atom stereocenters.